The SMILES string of the molecule is Cn1cc(CNCc2ccc(Br)cc2[N+](=O)[O-])cn1. The van der Waals surface area contributed by atoms with Crippen molar-refractivity contribution in [2.45, 2.75) is 13.1 Å². The van der Waals surface area contributed by atoms with E-state index >= 15 is 0 Å². The monoisotopic (exact) mass is 324 g/mol. The second-order valence-electron chi connectivity index (χ2n) is 4.16. The number of aromatic nitrogens is 2. The molecule has 0 aliphatic heterocycles. The van der Waals surface area contributed by atoms with Gasteiger partial charge in [-0.05, 0) is 12.1 Å². The van der Waals surface area contributed by atoms with Gasteiger partial charge in [0.1, 0.15) is 0 Å². The average Bonchev–Trinajstić information content (AvgIpc) is 2.77. The minimum Gasteiger partial charge on any atom is -0.308 e. The Morgan fingerprint density at radius 2 is 2.26 bits per heavy atom. The maximum atomic E-state index is 11.0. The molecule has 0 amide bonds. The molecular formula is C12H13BrN4O2. The fraction of sp³-hybridized carbons (Fsp3) is 0.250. The van der Waals surface area contributed by atoms with Crippen molar-refractivity contribution in [1.82, 2.24) is 15.1 Å². The smallest absolute Gasteiger partial charge is 0.275 e. The van der Waals surface area contributed by atoms with Crippen molar-refractivity contribution in [2.75, 3.05) is 0 Å². The van der Waals surface area contributed by atoms with Crippen LogP contribution < -0.4 is 5.32 Å². The Morgan fingerprint density at radius 1 is 1.47 bits per heavy atom. The number of nitro groups is 1. The summed E-state index contributed by atoms with van der Waals surface area (Å²) in [6.45, 7) is 1.07. The summed E-state index contributed by atoms with van der Waals surface area (Å²) in [6.07, 6.45) is 3.67. The lowest BCUT2D eigenvalue weighted by Gasteiger charge is -2.05. The zero-order valence-electron chi connectivity index (χ0n) is 10.3. The molecule has 1 aromatic heterocycles. The maximum Gasteiger partial charge on any atom is 0.275 e. The first-order valence-electron chi connectivity index (χ1n) is 5.67. The van der Waals surface area contributed by atoms with E-state index in [0.717, 1.165) is 5.56 Å². The lowest BCUT2D eigenvalue weighted by molar-refractivity contribution is -0.385. The van der Waals surface area contributed by atoms with E-state index in [1.54, 1.807) is 23.0 Å². The van der Waals surface area contributed by atoms with Gasteiger partial charge in [-0.1, -0.05) is 15.9 Å². The number of hydrogen-bond donors (Lipinski definition) is 1. The van der Waals surface area contributed by atoms with E-state index in [0.29, 0.717) is 23.1 Å². The number of aryl methyl sites for hydroxylation is 1. The van der Waals surface area contributed by atoms with Crippen molar-refractivity contribution < 1.29 is 4.92 Å². The third-order valence-corrected chi connectivity index (χ3v) is 3.14. The van der Waals surface area contributed by atoms with Crippen LogP contribution in [0.25, 0.3) is 0 Å². The Bertz CT molecular complexity index is 597. The van der Waals surface area contributed by atoms with Crippen LogP contribution in [0.15, 0.2) is 35.1 Å². The fourth-order valence-corrected chi connectivity index (χ4v) is 2.11. The van der Waals surface area contributed by atoms with E-state index in [2.05, 4.69) is 26.3 Å². The molecule has 0 aliphatic carbocycles. The highest BCUT2D eigenvalue weighted by Gasteiger charge is 2.13. The summed E-state index contributed by atoms with van der Waals surface area (Å²) in [5.74, 6) is 0. The summed E-state index contributed by atoms with van der Waals surface area (Å²) in [5, 5.41) is 18.2. The molecule has 19 heavy (non-hydrogen) atoms. The number of benzene rings is 1. The molecule has 0 aliphatic rings. The van der Waals surface area contributed by atoms with Gasteiger partial charge in [0.2, 0.25) is 0 Å². The summed E-state index contributed by atoms with van der Waals surface area (Å²) >= 11 is 3.24. The maximum absolute atomic E-state index is 11.0. The molecule has 1 aromatic carbocycles. The van der Waals surface area contributed by atoms with Gasteiger partial charge in [-0.25, -0.2) is 0 Å². The molecule has 0 radical (unpaired) electrons. The first-order chi connectivity index (χ1) is 9.06. The summed E-state index contributed by atoms with van der Waals surface area (Å²) in [5.41, 5.74) is 1.83. The van der Waals surface area contributed by atoms with Crippen LogP contribution in [0.5, 0.6) is 0 Å². The second kappa shape index (κ2) is 5.94. The summed E-state index contributed by atoms with van der Waals surface area (Å²) < 4.78 is 2.43. The molecule has 1 N–H and O–H groups in total. The molecule has 0 saturated carbocycles. The summed E-state index contributed by atoms with van der Waals surface area (Å²) in [4.78, 5) is 10.6. The van der Waals surface area contributed by atoms with Crippen molar-refractivity contribution in [2.24, 2.45) is 7.05 Å². The lowest BCUT2D eigenvalue weighted by atomic mass is 10.2. The number of nitrogens with zero attached hydrogens (tertiary/aromatic N) is 3. The molecule has 0 spiro atoms. The molecule has 6 nitrogen and oxygen atoms in total. The van der Waals surface area contributed by atoms with Crippen molar-refractivity contribution in [1.29, 1.82) is 0 Å². The predicted molar refractivity (Wildman–Crippen MR) is 74.5 cm³/mol. The van der Waals surface area contributed by atoms with Crippen molar-refractivity contribution in [3.63, 3.8) is 0 Å². The topological polar surface area (TPSA) is 73.0 Å². The fourth-order valence-electron chi connectivity index (χ4n) is 1.76. The number of rotatable bonds is 5. The van der Waals surface area contributed by atoms with Gasteiger partial charge < -0.3 is 5.32 Å². The largest absolute Gasteiger partial charge is 0.308 e. The van der Waals surface area contributed by atoms with Gasteiger partial charge in [-0.15, -0.1) is 0 Å². The molecule has 0 fully saturated rings. The zero-order valence-corrected chi connectivity index (χ0v) is 11.9. The van der Waals surface area contributed by atoms with E-state index in [4.69, 9.17) is 0 Å². The van der Waals surface area contributed by atoms with E-state index in [9.17, 15) is 10.1 Å². The lowest BCUT2D eigenvalue weighted by Crippen LogP contribution is -2.13. The van der Waals surface area contributed by atoms with E-state index < -0.39 is 0 Å². The van der Waals surface area contributed by atoms with Crippen LogP contribution in [0.4, 0.5) is 5.69 Å². The highest BCUT2D eigenvalue weighted by Crippen LogP contribution is 2.23. The van der Waals surface area contributed by atoms with Gasteiger partial charge in [0.05, 0.1) is 11.1 Å². The third-order valence-electron chi connectivity index (χ3n) is 2.65. The minimum absolute atomic E-state index is 0.119. The Labute approximate surface area is 118 Å². The van der Waals surface area contributed by atoms with Crippen LogP contribution in [-0.4, -0.2) is 14.7 Å². The summed E-state index contributed by atoms with van der Waals surface area (Å²) in [6, 6.07) is 5.06. The molecule has 0 unspecified atom stereocenters. The van der Waals surface area contributed by atoms with Crippen LogP contribution in [0.2, 0.25) is 0 Å². The molecule has 0 atom stereocenters. The molecule has 7 heteroatoms. The van der Waals surface area contributed by atoms with E-state index in [-0.39, 0.29) is 10.6 Å². The Balaban J connectivity index is 2.01. The summed E-state index contributed by atoms with van der Waals surface area (Å²) in [7, 11) is 1.85. The second-order valence-corrected chi connectivity index (χ2v) is 5.07. The van der Waals surface area contributed by atoms with E-state index in [1.807, 2.05) is 13.2 Å². The van der Waals surface area contributed by atoms with Crippen molar-refractivity contribution in [3.05, 3.63) is 56.3 Å². The van der Waals surface area contributed by atoms with Gasteiger partial charge in [0.25, 0.3) is 5.69 Å². The van der Waals surface area contributed by atoms with Crippen LogP contribution in [0.3, 0.4) is 0 Å². The first kappa shape index (κ1) is 13.7. The standard InChI is InChI=1S/C12H13BrN4O2/c1-16-8-9(6-15-16)5-14-7-10-2-3-11(13)4-12(10)17(18)19/h2-4,6,8,14H,5,7H2,1H3. The molecular weight excluding hydrogens is 312 g/mol. The Hall–Kier alpha value is -1.73. The normalized spacial score (nSPS) is 10.6. The highest BCUT2D eigenvalue weighted by molar-refractivity contribution is 9.10. The molecule has 0 saturated heterocycles. The number of hydrogen-bond acceptors (Lipinski definition) is 4. The molecule has 0 bridgehead atoms. The Morgan fingerprint density at radius 3 is 2.89 bits per heavy atom. The van der Waals surface area contributed by atoms with Crippen LogP contribution in [0, 0.1) is 10.1 Å². The van der Waals surface area contributed by atoms with Crippen LogP contribution >= 0.6 is 15.9 Å². The zero-order chi connectivity index (χ0) is 13.8. The van der Waals surface area contributed by atoms with Gasteiger partial charge in [-0.2, -0.15) is 5.10 Å². The molecule has 2 aromatic rings. The number of halogens is 1. The van der Waals surface area contributed by atoms with Crippen molar-refractivity contribution in [3.8, 4) is 0 Å². The van der Waals surface area contributed by atoms with Gasteiger partial charge in [0, 0.05) is 48.0 Å². The average molecular weight is 325 g/mol. The van der Waals surface area contributed by atoms with Crippen molar-refractivity contribution >= 4 is 21.6 Å². The van der Waals surface area contributed by atoms with Gasteiger partial charge in [0.15, 0.2) is 0 Å². The molecule has 1 heterocycles. The quantitative estimate of drug-likeness (QED) is 0.677. The van der Waals surface area contributed by atoms with Crippen LogP contribution in [-0.2, 0) is 20.1 Å². The van der Waals surface area contributed by atoms with Gasteiger partial charge in [-0.3, -0.25) is 14.8 Å². The molecule has 100 valence electrons. The van der Waals surface area contributed by atoms with Crippen LogP contribution in [0.1, 0.15) is 11.1 Å². The molecule has 2 rings (SSSR count). The predicted octanol–water partition coefficient (Wildman–Crippen LogP) is 2.38. The third kappa shape index (κ3) is 3.62. The highest BCUT2D eigenvalue weighted by atomic mass is 79.9. The van der Waals surface area contributed by atoms with Gasteiger partial charge >= 0.3 is 0 Å². The number of nitrogens with one attached hydrogen (secondary N) is 1. The Kier molecular flexibility index (Phi) is 4.28. The first-order valence-corrected chi connectivity index (χ1v) is 6.46. The number of nitro benzene ring substituents is 1. The van der Waals surface area contributed by atoms with E-state index in [1.165, 1.54) is 6.07 Å². The minimum atomic E-state index is -0.369.